The van der Waals surface area contributed by atoms with E-state index in [2.05, 4.69) is 31.8 Å². The molecule has 0 spiro atoms. The van der Waals surface area contributed by atoms with Gasteiger partial charge >= 0.3 is 0 Å². The molecule has 1 N–H and O–H groups in total. The molecule has 1 heterocycles. The summed E-state index contributed by atoms with van der Waals surface area (Å²) in [5.74, 6) is 1.14. The molecule has 0 fully saturated rings. The Balaban J connectivity index is 1.89. The van der Waals surface area contributed by atoms with Gasteiger partial charge in [0.1, 0.15) is 11.1 Å². The Hall–Kier alpha value is -2.32. The summed E-state index contributed by atoms with van der Waals surface area (Å²) in [6.07, 6.45) is 4.79. The summed E-state index contributed by atoms with van der Waals surface area (Å²) >= 11 is 1.63. The lowest BCUT2D eigenvalue weighted by atomic mass is 9.72. The molecule has 136 valence electrons. The predicted molar refractivity (Wildman–Crippen MR) is 106 cm³/mol. The molecule has 0 amide bonds. The fourth-order valence-corrected chi connectivity index (χ4v) is 4.66. The minimum absolute atomic E-state index is 0.0791. The van der Waals surface area contributed by atoms with Crippen LogP contribution < -0.4 is 4.74 Å². The summed E-state index contributed by atoms with van der Waals surface area (Å²) in [6.45, 7) is 6.87. The molecular weight excluding hydrogens is 344 g/mol. The summed E-state index contributed by atoms with van der Waals surface area (Å²) in [4.78, 5) is 5.86. The van der Waals surface area contributed by atoms with Crippen molar-refractivity contribution in [2.24, 2.45) is 16.3 Å². The Labute approximate surface area is 158 Å². The Kier molecular flexibility index (Phi) is 5.06. The van der Waals surface area contributed by atoms with Crippen molar-refractivity contribution in [3.05, 3.63) is 39.8 Å². The van der Waals surface area contributed by atoms with Crippen molar-refractivity contribution in [2.75, 3.05) is 7.11 Å². The minimum atomic E-state index is 0.0791. The van der Waals surface area contributed by atoms with E-state index in [1.807, 2.05) is 6.07 Å². The van der Waals surface area contributed by atoms with Gasteiger partial charge < -0.3 is 9.84 Å². The second kappa shape index (κ2) is 7.13. The summed E-state index contributed by atoms with van der Waals surface area (Å²) in [7, 11) is 1.52. The molecule has 0 unspecified atom stereocenters. The van der Waals surface area contributed by atoms with Crippen molar-refractivity contribution < 1.29 is 9.84 Å². The zero-order valence-corrected chi connectivity index (χ0v) is 16.5. The number of fused-ring (bicyclic) bond motifs is 1. The number of hydrogen-bond donors (Lipinski definition) is 1. The number of aromatic hydroxyl groups is 1. The van der Waals surface area contributed by atoms with Crippen LogP contribution in [-0.4, -0.2) is 18.4 Å². The van der Waals surface area contributed by atoms with Crippen molar-refractivity contribution in [3.8, 4) is 17.6 Å². The molecule has 4 nitrogen and oxygen atoms in total. The van der Waals surface area contributed by atoms with Crippen LogP contribution >= 0.6 is 11.3 Å². The summed E-state index contributed by atoms with van der Waals surface area (Å²) in [6, 6.07) is 7.49. The van der Waals surface area contributed by atoms with Crippen LogP contribution in [0, 0.1) is 22.7 Å². The van der Waals surface area contributed by atoms with Crippen LogP contribution in [0.15, 0.2) is 23.2 Å². The number of hydrogen-bond acceptors (Lipinski definition) is 5. The van der Waals surface area contributed by atoms with Crippen molar-refractivity contribution in [1.82, 2.24) is 0 Å². The molecule has 26 heavy (non-hydrogen) atoms. The van der Waals surface area contributed by atoms with Gasteiger partial charge in [0, 0.05) is 11.1 Å². The fraction of sp³-hybridized carbons (Fsp3) is 0.429. The second-order valence-electron chi connectivity index (χ2n) is 7.79. The van der Waals surface area contributed by atoms with Gasteiger partial charge in [-0.15, -0.1) is 11.3 Å². The lowest BCUT2D eigenvalue weighted by Gasteiger charge is -2.33. The molecule has 1 atom stereocenters. The lowest BCUT2D eigenvalue weighted by Crippen LogP contribution is -2.26. The van der Waals surface area contributed by atoms with Gasteiger partial charge in [-0.25, -0.2) is 4.99 Å². The summed E-state index contributed by atoms with van der Waals surface area (Å²) in [5, 5.41) is 20.3. The lowest BCUT2D eigenvalue weighted by molar-refractivity contribution is 0.218. The number of thiophene rings is 1. The SMILES string of the molecule is COc1ccc(C=Nc2sc3c(c2C#N)CC[C@H](C(C)(C)C)C3)cc1O. The highest BCUT2D eigenvalue weighted by molar-refractivity contribution is 7.16. The monoisotopic (exact) mass is 368 g/mol. The summed E-state index contributed by atoms with van der Waals surface area (Å²) in [5.41, 5.74) is 2.94. The number of phenols is 1. The van der Waals surface area contributed by atoms with Gasteiger partial charge in [0.2, 0.25) is 0 Å². The third-order valence-corrected chi connectivity index (χ3v) is 6.28. The first-order valence-electron chi connectivity index (χ1n) is 8.79. The van der Waals surface area contributed by atoms with Crippen LogP contribution in [0.4, 0.5) is 5.00 Å². The minimum Gasteiger partial charge on any atom is -0.504 e. The Bertz CT molecular complexity index is 885. The molecule has 0 aliphatic heterocycles. The Morgan fingerprint density at radius 3 is 2.77 bits per heavy atom. The topological polar surface area (TPSA) is 65.6 Å². The van der Waals surface area contributed by atoms with Crippen molar-refractivity contribution in [2.45, 2.75) is 40.0 Å². The number of rotatable bonds is 3. The van der Waals surface area contributed by atoms with E-state index in [4.69, 9.17) is 4.74 Å². The first-order chi connectivity index (χ1) is 12.3. The van der Waals surface area contributed by atoms with Gasteiger partial charge in [0.25, 0.3) is 0 Å². The number of benzene rings is 1. The number of aliphatic imine (C=N–C) groups is 1. The maximum Gasteiger partial charge on any atom is 0.160 e. The van der Waals surface area contributed by atoms with Crippen molar-refractivity contribution in [3.63, 3.8) is 0 Å². The van der Waals surface area contributed by atoms with E-state index >= 15 is 0 Å². The number of ether oxygens (including phenoxy) is 1. The van der Waals surface area contributed by atoms with E-state index < -0.39 is 0 Å². The molecule has 1 aromatic carbocycles. The third-order valence-electron chi connectivity index (χ3n) is 5.12. The fourth-order valence-electron chi connectivity index (χ4n) is 3.44. The normalized spacial score (nSPS) is 17.1. The summed E-state index contributed by atoms with van der Waals surface area (Å²) < 4.78 is 5.06. The van der Waals surface area contributed by atoms with Crippen LogP contribution in [0.1, 0.15) is 48.8 Å². The highest BCUT2D eigenvalue weighted by atomic mass is 32.1. The van der Waals surface area contributed by atoms with Gasteiger partial charge in [0.15, 0.2) is 11.5 Å². The number of nitrogens with zero attached hydrogens (tertiary/aromatic N) is 2. The predicted octanol–water partition coefficient (Wildman–Crippen LogP) is 5.24. The van der Waals surface area contributed by atoms with Gasteiger partial charge in [-0.3, -0.25) is 0 Å². The average Bonchev–Trinajstić information content (AvgIpc) is 2.96. The van der Waals surface area contributed by atoms with Crippen LogP contribution in [0.5, 0.6) is 11.5 Å². The van der Waals surface area contributed by atoms with E-state index in [1.54, 1.807) is 29.7 Å². The Morgan fingerprint density at radius 2 is 2.15 bits per heavy atom. The van der Waals surface area contributed by atoms with Crippen molar-refractivity contribution in [1.29, 1.82) is 5.26 Å². The molecule has 1 aromatic heterocycles. The highest BCUT2D eigenvalue weighted by Gasteiger charge is 2.32. The van der Waals surface area contributed by atoms with E-state index in [9.17, 15) is 10.4 Å². The molecule has 1 aliphatic rings. The van der Waals surface area contributed by atoms with Gasteiger partial charge in [-0.2, -0.15) is 5.26 Å². The average molecular weight is 369 g/mol. The van der Waals surface area contributed by atoms with E-state index in [1.165, 1.54) is 17.6 Å². The first-order valence-corrected chi connectivity index (χ1v) is 9.61. The molecular formula is C21H24N2O2S. The number of nitriles is 1. The maximum absolute atomic E-state index is 9.89. The zero-order valence-electron chi connectivity index (χ0n) is 15.7. The smallest absolute Gasteiger partial charge is 0.160 e. The third kappa shape index (κ3) is 3.61. The molecule has 0 saturated heterocycles. The van der Waals surface area contributed by atoms with E-state index in [0.29, 0.717) is 17.2 Å². The molecule has 1 aliphatic carbocycles. The van der Waals surface area contributed by atoms with Crippen molar-refractivity contribution >= 4 is 22.6 Å². The largest absolute Gasteiger partial charge is 0.504 e. The van der Waals surface area contributed by atoms with Crippen LogP contribution in [-0.2, 0) is 12.8 Å². The van der Waals surface area contributed by atoms with Gasteiger partial charge in [-0.1, -0.05) is 20.8 Å². The number of methoxy groups -OCH3 is 1. The van der Waals surface area contributed by atoms with E-state index in [0.717, 1.165) is 29.8 Å². The highest BCUT2D eigenvalue weighted by Crippen LogP contribution is 2.44. The van der Waals surface area contributed by atoms with Crippen LogP contribution in [0.3, 0.4) is 0 Å². The standard InChI is InChI=1S/C21H24N2O2S/c1-21(2,3)14-6-7-15-16(11-22)20(26-19(15)10-14)23-12-13-5-8-18(25-4)17(24)9-13/h5,8-9,12,14,24H,6-7,10H2,1-4H3/t14-/m0/s1. The molecule has 2 aromatic rings. The maximum atomic E-state index is 9.89. The van der Waals surface area contributed by atoms with Crippen LogP contribution in [0.25, 0.3) is 0 Å². The molecule has 3 rings (SSSR count). The molecule has 0 radical (unpaired) electrons. The van der Waals surface area contributed by atoms with Gasteiger partial charge in [0.05, 0.1) is 12.7 Å². The van der Waals surface area contributed by atoms with Crippen LogP contribution in [0.2, 0.25) is 0 Å². The quantitative estimate of drug-likeness (QED) is 0.754. The van der Waals surface area contributed by atoms with E-state index in [-0.39, 0.29) is 11.2 Å². The van der Waals surface area contributed by atoms with Gasteiger partial charge in [-0.05, 0) is 59.9 Å². The first kappa shape index (κ1) is 18.5. The number of phenolic OH excluding ortho intramolecular Hbond substituents is 1. The molecule has 0 bridgehead atoms. The molecule has 0 saturated carbocycles. The zero-order chi connectivity index (χ0) is 18.9. The second-order valence-corrected chi connectivity index (χ2v) is 8.87. The molecule has 5 heteroatoms. The Morgan fingerprint density at radius 1 is 1.38 bits per heavy atom.